The summed E-state index contributed by atoms with van der Waals surface area (Å²) < 4.78 is 5.08. The molecule has 1 aromatic carbocycles. The van der Waals surface area contributed by atoms with Gasteiger partial charge < -0.3 is 15.4 Å². The maximum Gasteiger partial charge on any atom is 0.308 e. The molecule has 0 aliphatic carbocycles. The van der Waals surface area contributed by atoms with Crippen molar-refractivity contribution in [2.24, 2.45) is 5.92 Å². The minimum Gasteiger partial charge on any atom is -0.466 e. The molecule has 0 spiro atoms. The van der Waals surface area contributed by atoms with Gasteiger partial charge in [-0.25, -0.2) is 0 Å². The number of hydrogen-bond acceptors (Lipinski definition) is 4. The van der Waals surface area contributed by atoms with E-state index in [1.54, 1.807) is 6.92 Å². The SMILES string of the molecule is CCOC(=O)CC(NC(=O)[C@H]1CCN[C@@H](C)C1)c1ccccc1C.Cl. The molecule has 0 aromatic heterocycles. The third kappa shape index (κ3) is 6.33. The van der Waals surface area contributed by atoms with Crippen molar-refractivity contribution >= 4 is 24.3 Å². The van der Waals surface area contributed by atoms with E-state index in [0.717, 1.165) is 30.5 Å². The van der Waals surface area contributed by atoms with Crippen LogP contribution in [0.15, 0.2) is 24.3 Å². The Balaban J connectivity index is 0.00000312. The van der Waals surface area contributed by atoms with Crippen LogP contribution in [0.5, 0.6) is 0 Å². The summed E-state index contributed by atoms with van der Waals surface area (Å²) in [6, 6.07) is 7.84. The molecule has 0 bridgehead atoms. The van der Waals surface area contributed by atoms with E-state index in [-0.39, 0.29) is 42.7 Å². The number of rotatable bonds is 6. The molecule has 0 saturated carbocycles. The van der Waals surface area contributed by atoms with E-state index in [1.165, 1.54) is 0 Å². The van der Waals surface area contributed by atoms with Crippen molar-refractivity contribution in [1.29, 1.82) is 0 Å². The maximum atomic E-state index is 12.7. The van der Waals surface area contributed by atoms with Gasteiger partial charge in [0.15, 0.2) is 0 Å². The smallest absolute Gasteiger partial charge is 0.308 e. The van der Waals surface area contributed by atoms with Crippen LogP contribution < -0.4 is 10.6 Å². The molecule has 3 atom stereocenters. The molecule has 1 aliphatic rings. The van der Waals surface area contributed by atoms with Crippen LogP contribution in [-0.4, -0.2) is 31.1 Å². The summed E-state index contributed by atoms with van der Waals surface area (Å²) in [5.41, 5.74) is 2.03. The fourth-order valence-electron chi connectivity index (χ4n) is 3.26. The third-order valence-electron chi connectivity index (χ3n) is 4.55. The number of benzene rings is 1. The van der Waals surface area contributed by atoms with Crippen molar-refractivity contribution in [3.8, 4) is 0 Å². The first-order chi connectivity index (χ1) is 11.5. The Bertz CT molecular complexity index is 580. The van der Waals surface area contributed by atoms with E-state index in [9.17, 15) is 9.59 Å². The zero-order valence-corrected chi connectivity index (χ0v) is 16.0. The highest BCUT2D eigenvalue weighted by atomic mass is 35.5. The fraction of sp³-hybridized carbons (Fsp3) is 0.579. The van der Waals surface area contributed by atoms with E-state index in [0.29, 0.717) is 12.6 Å². The number of esters is 1. The molecule has 1 unspecified atom stereocenters. The van der Waals surface area contributed by atoms with Gasteiger partial charge in [-0.15, -0.1) is 12.4 Å². The van der Waals surface area contributed by atoms with E-state index in [2.05, 4.69) is 17.6 Å². The van der Waals surface area contributed by atoms with E-state index >= 15 is 0 Å². The van der Waals surface area contributed by atoms with Crippen LogP contribution in [0.4, 0.5) is 0 Å². The van der Waals surface area contributed by atoms with Crippen LogP contribution >= 0.6 is 12.4 Å². The molecular weight excluding hydrogens is 340 g/mol. The number of hydrogen-bond donors (Lipinski definition) is 2. The van der Waals surface area contributed by atoms with Crippen molar-refractivity contribution in [3.05, 3.63) is 35.4 Å². The van der Waals surface area contributed by atoms with Gasteiger partial charge in [-0.3, -0.25) is 9.59 Å². The van der Waals surface area contributed by atoms with Crippen molar-refractivity contribution in [3.63, 3.8) is 0 Å². The van der Waals surface area contributed by atoms with Gasteiger partial charge in [0.1, 0.15) is 0 Å². The highest BCUT2D eigenvalue weighted by Gasteiger charge is 2.28. The number of amides is 1. The van der Waals surface area contributed by atoms with Crippen LogP contribution in [0.3, 0.4) is 0 Å². The number of halogens is 1. The molecule has 25 heavy (non-hydrogen) atoms. The lowest BCUT2D eigenvalue weighted by Crippen LogP contribution is -2.43. The van der Waals surface area contributed by atoms with Gasteiger partial charge in [-0.05, 0) is 51.3 Å². The van der Waals surface area contributed by atoms with Gasteiger partial charge in [0.05, 0.1) is 19.1 Å². The Morgan fingerprint density at radius 3 is 2.72 bits per heavy atom. The Morgan fingerprint density at radius 2 is 2.08 bits per heavy atom. The van der Waals surface area contributed by atoms with Gasteiger partial charge in [-0.1, -0.05) is 24.3 Å². The van der Waals surface area contributed by atoms with Gasteiger partial charge >= 0.3 is 5.97 Å². The number of carbonyl (C=O) groups excluding carboxylic acids is 2. The van der Waals surface area contributed by atoms with Gasteiger partial charge in [-0.2, -0.15) is 0 Å². The van der Waals surface area contributed by atoms with Crippen molar-refractivity contribution in [1.82, 2.24) is 10.6 Å². The quantitative estimate of drug-likeness (QED) is 0.757. The molecule has 1 fully saturated rings. The zero-order valence-electron chi connectivity index (χ0n) is 15.2. The zero-order chi connectivity index (χ0) is 17.5. The first-order valence-corrected chi connectivity index (χ1v) is 8.76. The number of aryl methyl sites for hydroxylation is 1. The number of nitrogens with one attached hydrogen (secondary N) is 2. The molecule has 1 aliphatic heterocycles. The lowest BCUT2D eigenvalue weighted by atomic mass is 9.91. The Morgan fingerprint density at radius 1 is 1.36 bits per heavy atom. The van der Waals surface area contributed by atoms with Gasteiger partial charge in [0.25, 0.3) is 0 Å². The molecule has 5 nitrogen and oxygen atoms in total. The first-order valence-electron chi connectivity index (χ1n) is 8.76. The van der Waals surface area contributed by atoms with Crippen molar-refractivity contribution < 1.29 is 14.3 Å². The second kappa shape index (κ2) is 10.4. The monoisotopic (exact) mass is 368 g/mol. The summed E-state index contributed by atoms with van der Waals surface area (Å²) in [5.74, 6) is -0.263. The lowest BCUT2D eigenvalue weighted by Gasteiger charge is -2.29. The number of piperidine rings is 1. The molecule has 2 N–H and O–H groups in total. The summed E-state index contributed by atoms with van der Waals surface area (Å²) in [4.78, 5) is 24.7. The highest BCUT2D eigenvalue weighted by Crippen LogP contribution is 2.24. The van der Waals surface area contributed by atoms with E-state index in [4.69, 9.17) is 4.74 Å². The molecule has 0 radical (unpaired) electrons. The number of carbonyl (C=O) groups is 2. The normalized spacial score (nSPS) is 20.9. The van der Waals surface area contributed by atoms with E-state index < -0.39 is 0 Å². The van der Waals surface area contributed by atoms with Crippen molar-refractivity contribution in [2.75, 3.05) is 13.2 Å². The first kappa shape index (κ1) is 21.5. The molecule has 1 saturated heterocycles. The Hall–Kier alpha value is -1.59. The van der Waals surface area contributed by atoms with Crippen LogP contribution in [0, 0.1) is 12.8 Å². The summed E-state index contributed by atoms with van der Waals surface area (Å²) in [7, 11) is 0. The van der Waals surface area contributed by atoms with Crippen LogP contribution in [0.25, 0.3) is 0 Å². The maximum absolute atomic E-state index is 12.7. The number of ether oxygens (including phenoxy) is 1. The second-order valence-corrected chi connectivity index (χ2v) is 6.50. The molecular formula is C19H29ClN2O3. The van der Waals surface area contributed by atoms with E-state index in [1.807, 2.05) is 31.2 Å². The molecule has 1 amide bonds. The fourth-order valence-corrected chi connectivity index (χ4v) is 3.26. The lowest BCUT2D eigenvalue weighted by molar-refractivity contribution is -0.144. The summed E-state index contributed by atoms with van der Waals surface area (Å²) in [5, 5.41) is 6.44. The average Bonchev–Trinajstić information content (AvgIpc) is 2.55. The summed E-state index contributed by atoms with van der Waals surface area (Å²) in [6.45, 7) is 7.07. The molecule has 1 heterocycles. The topological polar surface area (TPSA) is 67.4 Å². The molecule has 1 aromatic rings. The average molecular weight is 369 g/mol. The third-order valence-corrected chi connectivity index (χ3v) is 4.55. The Labute approximate surface area is 156 Å². The minimum absolute atomic E-state index is 0. The summed E-state index contributed by atoms with van der Waals surface area (Å²) in [6.07, 6.45) is 1.81. The molecule has 140 valence electrons. The molecule has 6 heteroatoms. The second-order valence-electron chi connectivity index (χ2n) is 6.50. The molecule has 2 rings (SSSR count). The predicted octanol–water partition coefficient (Wildman–Crippen LogP) is 2.92. The highest BCUT2D eigenvalue weighted by molar-refractivity contribution is 5.85. The van der Waals surface area contributed by atoms with Crippen LogP contribution in [0.2, 0.25) is 0 Å². The largest absolute Gasteiger partial charge is 0.466 e. The van der Waals surface area contributed by atoms with Crippen LogP contribution in [0.1, 0.15) is 50.3 Å². The minimum atomic E-state index is -0.344. The van der Waals surface area contributed by atoms with Crippen LogP contribution in [-0.2, 0) is 14.3 Å². The predicted molar refractivity (Wildman–Crippen MR) is 101 cm³/mol. The van der Waals surface area contributed by atoms with Gasteiger partial charge in [0, 0.05) is 12.0 Å². The summed E-state index contributed by atoms with van der Waals surface area (Å²) >= 11 is 0. The standard InChI is InChI=1S/C19H28N2O3.ClH/c1-4-24-18(22)12-17(16-8-6-5-7-13(16)2)21-19(23)15-9-10-20-14(3)11-15;/h5-8,14-15,17,20H,4,9-12H2,1-3H3,(H,21,23);1H/t14-,15-,17?;/m0./s1. The van der Waals surface area contributed by atoms with Gasteiger partial charge in [0.2, 0.25) is 5.91 Å². The Kier molecular flexibility index (Phi) is 8.93. The van der Waals surface area contributed by atoms with Crippen molar-refractivity contribution in [2.45, 2.75) is 52.1 Å².